The molecule has 0 spiro atoms. The second-order valence-corrected chi connectivity index (χ2v) is 8.93. The molecule has 1 aromatic carbocycles. The summed E-state index contributed by atoms with van der Waals surface area (Å²) in [5.41, 5.74) is 2.26. The van der Waals surface area contributed by atoms with Crippen molar-refractivity contribution in [2.75, 3.05) is 23.8 Å². The molecule has 1 saturated heterocycles. The first-order chi connectivity index (χ1) is 13.9. The fourth-order valence-corrected chi connectivity index (χ4v) is 5.40. The number of thioether (sulfide) groups is 2. The third kappa shape index (κ3) is 4.16. The molecule has 0 amide bonds. The van der Waals surface area contributed by atoms with Gasteiger partial charge in [-0.05, 0) is 38.5 Å². The second kappa shape index (κ2) is 8.97. The molecular weight excluding hydrogens is 408 g/mol. The number of fused-ring (bicyclic) bond motifs is 1. The van der Waals surface area contributed by atoms with Gasteiger partial charge in [0.05, 0.1) is 12.3 Å². The number of benzene rings is 1. The van der Waals surface area contributed by atoms with Gasteiger partial charge in [-0.25, -0.2) is 9.59 Å². The standard InChI is InChI=1S/C21H22N2O4S2/c1-5-23-16-8-7-14(18-13(4)28-11-12(3)20(24)27-18)9-17(16)29-19(23)15(10-22)21(25)26-6-2/h7-9,13,18H,3,5-6,11H2,1-2,4H3. The molecule has 0 aliphatic carbocycles. The fraction of sp³-hybridized carbons (Fsp3) is 0.381. The van der Waals surface area contributed by atoms with Crippen molar-refractivity contribution in [1.29, 1.82) is 5.26 Å². The Morgan fingerprint density at radius 1 is 1.45 bits per heavy atom. The number of cyclic esters (lactones) is 1. The van der Waals surface area contributed by atoms with Gasteiger partial charge in [-0.1, -0.05) is 24.4 Å². The number of carbonyl (C=O) groups is 2. The van der Waals surface area contributed by atoms with E-state index in [1.54, 1.807) is 18.7 Å². The van der Waals surface area contributed by atoms with Crippen LogP contribution >= 0.6 is 23.5 Å². The molecule has 1 aromatic rings. The van der Waals surface area contributed by atoms with Crippen LogP contribution in [-0.4, -0.2) is 36.1 Å². The third-order valence-electron chi connectivity index (χ3n) is 4.65. The topological polar surface area (TPSA) is 79.6 Å². The normalized spacial score (nSPS) is 23.0. The monoisotopic (exact) mass is 430 g/mol. The van der Waals surface area contributed by atoms with Gasteiger partial charge in [0.1, 0.15) is 17.2 Å². The number of nitriles is 1. The van der Waals surface area contributed by atoms with Gasteiger partial charge in [-0.3, -0.25) is 0 Å². The van der Waals surface area contributed by atoms with E-state index in [-0.39, 0.29) is 29.5 Å². The average Bonchev–Trinajstić information content (AvgIpc) is 3.01. The average molecular weight is 431 g/mol. The Kier molecular flexibility index (Phi) is 6.60. The molecule has 2 aliphatic heterocycles. The van der Waals surface area contributed by atoms with Crippen LogP contribution < -0.4 is 4.90 Å². The predicted octanol–water partition coefficient (Wildman–Crippen LogP) is 4.19. The van der Waals surface area contributed by atoms with Crippen LogP contribution in [0.25, 0.3) is 0 Å². The Labute approximate surface area is 178 Å². The third-order valence-corrected chi connectivity index (χ3v) is 7.10. The SMILES string of the molecule is C=C1CSC(C)C(c2ccc3c(c2)SC(=C(C#N)C(=O)OCC)N3CC)OC1=O. The van der Waals surface area contributed by atoms with E-state index in [9.17, 15) is 14.9 Å². The van der Waals surface area contributed by atoms with Gasteiger partial charge < -0.3 is 14.4 Å². The van der Waals surface area contributed by atoms with Gasteiger partial charge in [0.25, 0.3) is 0 Å². The van der Waals surface area contributed by atoms with Gasteiger partial charge in [0.2, 0.25) is 0 Å². The lowest BCUT2D eigenvalue weighted by molar-refractivity contribution is -0.144. The summed E-state index contributed by atoms with van der Waals surface area (Å²) in [5, 5.41) is 10.2. The number of carbonyl (C=O) groups excluding carboxylic acids is 2. The molecule has 0 radical (unpaired) electrons. The highest BCUT2D eigenvalue weighted by Gasteiger charge is 2.33. The minimum absolute atomic E-state index is 0.00225. The first-order valence-corrected chi connectivity index (χ1v) is 11.2. The molecule has 2 unspecified atom stereocenters. The molecule has 0 bridgehead atoms. The molecule has 1 fully saturated rings. The Morgan fingerprint density at radius 2 is 2.21 bits per heavy atom. The number of anilines is 1. The van der Waals surface area contributed by atoms with Crippen LogP contribution in [0.15, 0.2) is 45.8 Å². The van der Waals surface area contributed by atoms with E-state index in [1.807, 2.05) is 43.0 Å². The maximum atomic E-state index is 12.2. The minimum atomic E-state index is -0.620. The van der Waals surface area contributed by atoms with Crippen LogP contribution in [0.1, 0.15) is 32.4 Å². The Balaban J connectivity index is 1.98. The van der Waals surface area contributed by atoms with Crippen LogP contribution in [0.4, 0.5) is 5.69 Å². The molecule has 0 N–H and O–H groups in total. The molecule has 2 heterocycles. The van der Waals surface area contributed by atoms with Gasteiger partial charge >= 0.3 is 11.9 Å². The second-order valence-electron chi connectivity index (χ2n) is 6.53. The van der Waals surface area contributed by atoms with Gasteiger partial charge in [-0.15, -0.1) is 11.8 Å². The van der Waals surface area contributed by atoms with Crippen molar-refractivity contribution in [3.05, 3.63) is 46.5 Å². The van der Waals surface area contributed by atoms with E-state index >= 15 is 0 Å². The lowest BCUT2D eigenvalue weighted by Crippen LogP contribution is -2.21. The van der Waals surface area contributed by atoms with E-state index in [0.717, 1.165) is 16.1 Å². The summed E-state index contributed by atoms with van der Waals surface area (Å²) < 4.78 is 10.7. The highest BCUT2D eigenvalue weighted by molar-refractivity contribution is 8.03. The molecule has 29 heavy (non-hydrogen) atoms. The summed E-state index contributed by atoms with van der Waals surface area (Å²) in [6.45, 7) is 10.3. The number of hydrogen-bond donors (Lipinski definition) is 0. The van der Waals surface area contributed by atoms with E-state index in [0.29, 0.717) is 22.9 Å². The van der Waals surface area contributed by atoms with Crippen LogP contribution in [0.3, 0.4) is 0 Å². The Hall–Kier alpha value is -2.37. The van der Waals surface area contributed by atoms with Crippen LogP contribution in [0.5, 0.6) is 0 Å². The number of esters is 2. The van der Waals surface area contributed by atoms with Crippen LogP contribution in [0, 0.1) is 11.3 Å². The van der Waals surface area contributed by atoms with Crippen molar-refractivity contribution in [3.63, 3.8) is 0 Å². The lowest BCUT2D eigenvalue weighted by atomic mass is 10.1. The fourth-order valence-electron chi connectivity index (χ4n) is 3.18. The molecule has 152 valence electrons. The van der Waals surface area contributed by atoms with Crippen molar-refractivity contribution < 1.29 is 19.1 Å². The predicted molar refractivity (Wildman–Crippen MR) is 114 cm³/mol. The summed E-state index contributed by atoms with van der Waals surface area (Å²) in [7, 11) is 0. The smallest absolute Gasteiger partial charge is 0.351 e. The lowest BCUT2D eigenvalue weighted by Gasteiger charge is -2.22. The van der Waals surface area contributed by atoms with Gasteiger partial charge in [0.15, 0.2) is 5.57 Å². The van der Waals surface area contributed by atoms with E-state index in [1.165, 1.54) is 11.8 Å². The first-order valence-electron chi connectivity index (χ1n) is 9.32. The van der Waals surface area contributed by atoms with Crippen molar-refractivity contribution >= 4 is 41.1 Å². The largest absolute Gasteiger partial charge is 0.462 e. The first kappa shape index (κ1) is 21.3. The van der Waals surface area contributed by atoms with E-state index in [4.69, 9.17) is 9.47 Å². The Bertz CT molecular complexity index is 935. The number of nitrogens with zero attached hydrogens (tertiary/aromatic N) is 2. The van der Waals surface area contributed by atoms with Crippen molar-refractivity contribution in [2.24, 2.45) is 0 Å². The van der Waals surface area contributed by atoms with Crippen molar-refractivity contribution in [1.82, 2.24) is 0 Å². The molecular formula is C21H22N2O4S2. The summed E-state index contributed by atoms with van der Waals surface area (Å²) >= 11 is 2.99. The zero-order chi connectivity index (χ0) is 21.1. The molecule has 2 aliphatic rings. The quantitative estimate of drug-likeness (QED) is 0.400. The molecule has 2 atom stereocenters. The maximum Gasteiger partial charge on any atom is 0.351 e. The van der Waals surface area contributed by atoms with E-state index < -0.39 is 5.97 Å². The van der Waals surface area contributed by atoms with Crippen molar-refractivity contribution in [2.45, 2.75) is 37.0 Å². The number of rotatable bonds is 4. The highest BCUT2D eigenvalue weighted by atomic mass is 32.2. The van der Waals surface area contributed by atoms with Gasteiger partial charge in [-0.2, -0.15) is 5.26 Å². The van der Waals surface area contributed by atoms with Gasteiger partial charge in [0, 0.05) is 28.0 Å². The Morgan fingerprint density at radius 3 is 2.86 bits per heavy atom. The summed E-state index contributed by atoms with van der Waals surface area (Å²) in [6, 6.07) is 7.84. The zero-order valence-electron chi connectivity index (χ0n) is 16.6. The molecule has 0 aromatic heterocycles. The van der Waals surface area contributed by atoms with Crippen LogP contribution in [-0.2, 0) is 19.1 Å². The molecule has 3 rings (SSSR count). The molecule has 8 heteroatoms. The number of ether oxygens (including phenoxy) is 2. The summed E-state index contributed by atoms with van der Waals surface area (Å²) in [6.07, 6.45) is -0.388. The summed E-state index contributed by atoms with van der Waals surface area (Å²) in [4.78, 5) is 27.2. The highest BCUT2D eigenvalue weighted by Crippen LogP contribution is 2.49. The molecule has 6 nitrogen and oxygen atoms in total. The van der Waals surface area contributed by atoms with Crippen LogP contribution in [0.2, 0.25) is 0 Å². The van der Waals surface area contributed by atoms with E-state index in [2.05, 4.69) is 6.58 Å². The maximum absolute atomic E-state index is 12.2. The summed E-state index contributed by atoms with van der Waals surface area (Å²) in [5.74, 6) is -0.437. The van der Waals surface area contributed by atoms with Crippen molar-refractivity contribution in [3.8, 4) is 6.07 Å². The number of hydrogen-bond acceptors (Lipinski definition) is 8. The molecule has 0 saturated carbocycles. The zero-order valence-corrected chi connectivity index (χ0v) is 18.2. The minimum Gasteiger partial charge on any atom is -0.462 e.